The van der Waals surface area contributed by atoms with E-state index in [1.807, 2.05) is 67.9 Å². The van der Waals surface area contributed by atoms with Crippen LogP contribution < -0.4 is 5.32 Å². The van der Waals surface area contributed by atoms with Crippen molar-refractivity contribution in [1.29, 1.82) is 0 Å². The van der Waals surface area contributed by atoms with E-state index in [1.165, 1.54) is 0 Å². The lowest BCUT2D eigenvalue weighted by atomic mass is 10.1. The molecule has 4 aromatic heterocycles. The van der Waals surface area contributed by atoms with Crippen LogP contribution in [-0.2, 0) is 7.05 Å². The van der Waals surface area contributed by atoms with Crippen molar-refractivity contribution in [3.05, 3.63) is 71.4 Å². The fraction of sp³-hybridized carbons (Fsp3) is 0.0909. The maximum absolute atomic E-state index is 13.2. The molecule has 1 amide bonds. The number of benzene rings is 1. The van der Waals surface area contributed by atoms with E-state index in [0.29, 0.717) is 11.3 Å². The first-order valence-corrected chi connectivity index (χ1v) is 10.0. The lowest BCUT2D eigenvalue weighted by molar-refractivity contribution is 0.102. The zero-order valence-corrected chi connectivity index (χ0v) is 16.7. The second-order valence-electron chi connectivity index (χ2n) is 6.81. The van der Waals surface area contributed by atoms with Crippen molar-refractivity contribution in [3.63, 3.8) is 0 Å². The Morgan fingerprint density at radius 2 is 1.97 bits per heavy atom. The second-order valence-corrected chi connectivity index (χ2v) is 7.76. The van der Waals surface area contributed by atoms with E-state index in [-0.39, 0.29) is 5.91 Å². The van der Waals surface area contributed by atoms with Gasteiger partial charge in [-0.3, -0.25) is 9.48 Å². The summed E-state index contributed by atoms with van der Waals surface area (Å²) in [5.41, 5.74) is 4.47. The molecular formula is C22H17N5OS. The highest BCUT2D eigenvalue weighted by Crippen LogP contribution is 2.28. The summed E-state index contributed by atoms with van der Waals surface area (Å²) in [6.45, 7) is 1.93. The summed E-state index contributed by atoms with van der Waals surface area (Å²) in [4.78, 5) is 23.4. The summed E-state index contributed by atoms with van der Waals surface area (Å²) in [6.07, 6.45) is 1.66. The number of thiophene rings is 1. The van der Waals surface area contributed by atoms with Crippen LogP contribution in [0, 0.1) is 6.92 Å². The molecule has 0 fully saturated rings. The standard InChI is InChI=1S/C22H17N5OS/c1-13-16-10-14(12-23-21(16)27(2)26-13)24-22(28)17-11-19(20-8-5-9-29-20)25-18-7-4-3-6-15(17)18/h3-12H,1-2H3,(H,24,28). The Kier molecular flexibility index (Phi) is 4.10. The summed E-state index contributed by atoms with van der Waals surface area (Å²) >= 11 is 1.60. The molecule has 5 rings (SSSR count). The van der Waals surface area contributed by atoms with Gasteiger partial charge in [-0.2, -0.15) is 5.10 Å². The Bertz CT molecular complexity index is 1370. The molecule has 0 atom stereocenters. The number of nitrogens with zero attached hydrogens (tertiary/aromatic N) is 4. The molecule has 142 valence electrons. The lowest BCUT2D eigenvalue weighted by Gasteiger charge is -2.10. The first-order chi connectivity index (χ1) is 14.1. The molecule has 0 radical (unpaired) electrons. The average molecular weight is 399 g/mol. The lowest BCUT2D eigenvalue weighted by Crippen LogP contribution is -2.13. The first kappa shape index (κ1) is 17.5. The number of aromatic nitrogens is 4. The van der Waals surface area contributed by atoms with E-state index in [4.69, 9.17) is 4.98 Å². The molecule has 0 aliphatic carbocycles. The highest BCUT2D eigenvalue weighted by molar-refractivity contribution is 7.13. The number of rotatable bonds is 3. The van der Waals surface area contributed by atoms with Gasteiger partial charge in [-0.25, -0.2) is 9.97 Å². The molecule has 0 saturated heterocycles. The van der Waals surface area contributed by atoms with Crippen molar-refractivity contribution >= 4 is 44.9 Å². The smallest absolute Gasteiger partial charge is 0.256 e. The molecule has 1 aromatic carbocycles. The minimum absolute atomic E-state index is 0.191. The van der Waals surface area contributed by atoms with E-state index in [2.05, 4.69) is 15.4 Å². The fourth-order valence-corrected chi connectivity index (χ4v) is 4.17. The Labute approximate surface area is 170 Å². The molecule has 0 bridgehead atoms. The molecule has 4 heterocycles. The van der Waals surface area contributed by atoms with Gasteiger partial charge in [0, 0.05) is 17.8 Å². The number of carbonyl (C=O) groups is 1. The van der Waals surface area contributed by atoms with Crippen molar-refractivity contribution in [2.75, 3.05) is 5.32 Å². The molecule has 7 heteroatoms. The van der Waals surface area contributed by atoms with Crippen LogP contribution in [0.3, 0.4) is 0 Å². The number of pyridine rings is 2. The summed E-state index contributed by atoms with van der Waals surface area (Å²) in [7, 11) is 1.86. The van der Waals surface area contributed by atoms with Crippen LogP contribution >= 0.6 is 11.3 Å². The Morgan fingerprint density at radius 3 is 2.79 bits per heavy atom. The zero-order chi connectivity index (χ0) is 20.0. The minimum Gasteiger partial charge on any atom is -0.321 e. The maximum atomic E-state index is 13.2. The van der Waals surface area contributed by atoms with Crippen LogP contribution in [0.15, 0.2) is 60.1 Å². The topological polar surface area (TPSA) is 72.7 Å². The molecule has 0 saturated carbocycles. The highest BCUT2D eigenvalue weighted by atomic mass is 32.1. The Hall–Kier alpha value is -3.58. The Balaban J connectivity index is 1.58. The van der Waals surface area contributed by atoms with Crippen molar-refractivity contribution in [3.8, 4) is 10.6 Å². The normalized spacial score (nSPS) is 11.2. The number of amides is 1. The molecule has 5 aromatic rings. The molecule has 0 aliphatic heterocycles. The van der Waals surface area contributed by atoms with Gasteiger partial charge < -0.3 is 5.32 Å². The largest absolute Gasteiger partial charge is 0.321 e. The van der Waals surface area contributed by atoms with E-state index < -0.39 is 0 Å². The number of nitrogens with one attached hydrogen (secondary N) is 1. The van der Waals surface area contributed by atoms with Gasteiger partial charge in [0.2, 0.25) is 0 Å². The molecule has 0 spiro atoms. The average Bonchev–Trinajstić information content (AvgIpc) is 3.36. The highest BCUT2D eigenvalue weighted by Gasteiger charge is 2.16. The van der Waals surface area contributed by atoms with Crippen LogP contribution in [-0.4, -0.2) is 25.7 Å². The monoisotopic (exact) mass is 399 g/mol. The quantitative estimate of drug-likeness (QED) is 0.473. The molecule has 29 heavy (non-hydrogen) atoms. The van der Waals surface area contributed by atoms with Gasteiger partial charge in [-0.15, -0.1) is 11.3 Å². The van der Waals surface area contributed by atoms with Crippen molar-refractivity contribution < 1.29 is 4.79 Å². The van der Waals surface area contributed by atoms with Crippen molar-refractivity contribution in [2.45, 2.75) is 6.92 Å². The summed E-state index contributed by atoms with van der Waals surface area (Å²) in [5, 5.41) is 11.1. The van der Waals surface area contributed by atoms with Gasteiger partial charge in [-0.05, 0) is 36.6 Å². The minimum atomic E-state index is -0.191. The zero-order valence-electron chi connectivity index (χ0n) is 15.9. The summed E-state index contributed by atoms with van der Waals surface area (Å²) < 4.78 is 1.74. The first-order valence-electron chi connectivity index (χ1n) is 9.14. The molecule has 6 nitrogen and oxygen atoms in total. The van der Waals surface area contributed by atoms with Gasteiger partial charge in [0.1, 0.15) is 0 Å². The third kappa shape index (κ3) is 3.05. The maximum Gasteiger partial charge on any atom is 0.256 e. The number of para-hydroxylation sites is 1. The van der Waals surface area contributed by atoms with Crippen LogP contribution in [0.25, 0.3) is 32.5 Å². The predicted molar refractivity (Wildman–Crippen MR) is 116 cm³/mol. The van der Waals surface area contributed by atoms with Gasteiger partial charge in [0.15, 0.2) is 5.65 Å². The van der Waals surface area contributed by atoms with Crippen LogP contribution in [0.4, 0.5) is 5.69 Å². The molecule has 0 unspecified atom stereocenters. The van der Waals surface area contributed by atoms with Crippen LogP contribution in [0.2, 0.25) is 0 Å². The van der Waals surface area contributed by atoms with E-state index in [1.54, 1.807) is 22.2 Å². The summed E-state index contributed by atoms with van der Waals surface area (Å²) in [5.74, 6) is -0.191. The van der Waals surface area contributed by atoms with Crippen LogP contribution in [0.5, 0.6) is 0 Å². The van der Waals surface area contributed by atoms with Gasteiger partial charge in [0.25, 0.3) is 5.91 Å². The fourth-order valence-electron chi connectivity index (χ4n) is 3.49. The number of hydrogen-bond donors (Lipinski definition) is 1. The summed E-state index contributed by atoms with van der Waals surface area (Å²) in [6, 6.07) is 15.4. The molecule has 0 aliphatic rings. The molecule has 1 N–H and O–H groups in total. The third-order valence-electron chi connectivity index (χ3n) is 4.86. The number of fused-ring (bicyclic) bond motifs is 2. The van der Waals surface area contributed by atoms with Gasteiger partial charge >= 0.3 is 0 Å². The van der Waals surface area contributed by atoms with Gasteiger partial charge in [-0.1, -0.05) is 24.3 Å². The SMILES string of the molecule is Cc1nn(C)c2ncc(NC(=O)c3cc(-c4cccs4)nc4ccccc34)cc12. The van der Waals surface area contributed by atoms with E-state index >= 15 is 0 Å². The number of aryl methyl sites for hydroxylation is 2. The number of carbonyl (C=O) groups excluding carboxylic acids is 1. The Morgan fingerprint density at radius 1 is 1.10 bits per heavy atom. The molecular weight excluding hydrogens is 382 g/mol. The number of hydrogen-bond acceptors (Lipinski definition) is 5. The number of anilines is 1. The van der Waals surface area contributed by atoms with Gasteiger partial charge in [0.05, 0.1) is 39.2 Å². The third-order valence-corrected chi connectivity index (χ3v) is 5.75. The van der Waals surface area contributed by atoms with Crippen LogP contribution in [0.1, 0.15) is 16.1 Å². The van der Waals surface area contributed by atoms with Crippen molar-refractivity contribution in [1.82, 2.24) is 19.7 Å². The van der Waals surface area contributed by atoms with E-state index in [0.717, 1.165) is 38.2 Å². The van der Waals surface area contributed by atoms with E-state index in [9.17, 15) is 4.79 Å². The second kappa shape index (κ2) is 6.79. The van der Waals surface area contributed by atoms with Crippen molar-refractivity contribution in [2.24, 2.45) is 7.05 Å². The predicted octanol–water partition coefficient (Wildman–Crippen LogP) is 4.81.